The van der Waals surface area contributed by atoms with Crippen molar-refractivity contribution < 1.29 is 14.3 Å². The molecule has 4 heterocycles. The van der Waals surface area contributed by atoms with E-state index in [-0.39, 0.29) is 30.4 Å². The Morgan fingerprint density at radius 3 is 3.10 bits per heavy atom. The number of carbonyl (C=O) groups is 2. The molecular formula is C19H16N4O4S2. The Kier molecular flexibility index (Phi) is 4.51. The molecule has 1 aromatic carbocycles. The van der Waals surface area contributed by atoms with Gasteiger partial charge in [-0.05, 0) is 41.9 Å². The van der Waals surface area contributed by atoms with Crippen molar-refractivity contribution in [2.45, 2.75) is 23.6 Å². The number of thioether (sulfide) groups is 1. The average Bonchev–Trinajstić information content (AvgIpc) is 3.10. The van der Waals surface area contributed by atoms with Crippen LogP contribution in [0.15, 0.2) is 27.2 Å². The number of carbonyl (C=O) groups excluding carboxylic acids is 2. The van der Waals surface area contributed by atoms with Gasteiger partial charge in [0.05, 0.1) is 15.3 Å². The van der Waals surface area contributed by atoms with Crippen molar-refractivity contribution in [2.75, 3.05) is 17.7 Å². The highest BCUT2D eigenvalue weighted by Crippen LogP contribution is 2.40. The van der Waals surface area contributed by atoms with Crippen molar-refractivity contribution in [3.63, 3.8) is 0 Å². The first-order valence-corrected chi connectivity index (χ1v) is 10.9. The fourth-order valence-corrected chi connectivity index (χ4v) is 5.95. The van der Waals surface area contributed by atoms with E-state index in [1.807, 2.05) is 0 Å². The molecule has 3 N–H and O–H groups in total. The maximum Gasteiger partial charge on any atom is 0.287 e. The number of nitrogens with one attached hydrogen (secondary N) is 3. The largest absolute Gasteiger partial charge is 0.482 e. The second kappa shape index (κ2) is 7.20. The summed E-state index contributed by atoms with van der Waals surface area (Å²) in [6, 6.07) is 5.30. The van der Waals surface area contributed by atoms with Gasteiger partial charge in [0.15, 0.2) is 6.61 Å². The smallest absolute Gasteiger partial charge is 0.287 e. The quantitative estimate of drug-likeness (QED) is 0.590. The molecule has 29 heavy (non-hydrogen) atoms. The Balaban J connectivity index is 1.36. The van der Waals surface area contributed by atoms with Gasteiger partial charge in [-0.15, -0.1) is 23.1 Å². The summed E-state index contributed by atoms with van der Waals surface area (Å²) >= 11 is 3.21. The Labute approximate surface area is 173 Å². The molecule has 2 amide bonds. The van der Waals surface area contributed by atoms with Crippen LogP contribution in [0.2, 0.25) is 0 Å². The third kappa shape index (κ3) is 3.38. The summed E-state index contributed by atoms with van der Waals surface area (Å²) in [6.07, 6.45) is 1.91. The molecule has 148 valence electrons. The SMILES string of the molecule is O=C1COc2ccc(CNC(=O)c3nc4sc5c(c4c(=O)[nH]3)CCCS5)cc2N1. The highest BCUT2D eigenvalue weighted by Gasteiger charge is 2.22. The summed E-state index contributed by atoms with van der Waals surface area (Å²) in [4.78, 5) is 44.2. The van der Waals surface area contributed by atoms with Crippen molar-refractivity contribution in [3.8, 4) is 5.75 Å². The molecule has 2 aliphatic rings. The van der Waals surface area contributed by atoms with Crippen molar-refractivity contribution >= 4 is 50.8 Å². The minimum absolute atomic E-state index is 0.000642. The number of H-pyrrole nitrogens is 1. The van der Waals surface area contributed by atoms with Crippen molar-refractivity contribution in [2.24, 2.45) is 0 Å². The highest BCUT2D eigenvalue weighted by molar-refractivity contribution is 8.01. The second-order valence-electron chi connectivity index (χ2n) is 6.76. The highest BCUT2D eigenvalue weighted by atomic mass is 32.2. The predicted molar refractivity (Wildman–Crippen MR) is 111 cm³/mol. The van der Waals surface area contributed by atoms with Crippen LogP contribution < -0.4 is 20.9 Å². The van der Waals surface area contributed by atoms with Crippen LogP contribution >= 0.6 is 23.1 Å². The lowest BCUT2D eigenvalue weighted by molar-refractivity contribution is -0.118. The zero-order chi connectivity index (χ0) is 20.0. The number of benzene rings is 1. The Bertz CT molecular complexity index is 1220. The van der Waals surface area contributed by atoms with Gasteiger partial charge in [-0.25, -0.2) is 4.98 Å². The van der Waals surface area contributed by atoms with Gasteiger partial charge in [0.2, 0.25) is 5.82 Å². The molecule has 2 aromatic heterocycles. The van der Waals surface area contributed by atoms with Crippen LogP contribution in [0.4, 0.5) is 5.69 Å². The van der Waals surface area contributed by atoms with Crippen LogP contribution in [0, 0.1) is 0 Å². The molecule has 2 aliphatic heterocycles. The summed E-state index contributed by atoms with van der Waals surface area (Å²) in [6.45, 7) is 0.218. The van der Waals surface area contributed by atoms with Crippen molar-refractivity contribution in [1.82, 2.24) is 15.3 Å². The first-order valence-electron chi connectivity index (χ1n) is 9.11. The molecule has 0 fully saturated rings. The monoisotopic (exact) mass is 428 g/mol. The van der Waals surface area contributed by atoms with E-state index < -0.39 is 5.91 Å². The first kappa shape index (κ1) is 18.2. The number of thiophene rings is 1. The fraction of sp³-hybridized carbons (Fsp3) is 0.263. The number of anilines is 1. The fourth-order valence-electron chi connectivity index (χ4n) is 3.42. The maximum atomic E-state index is 12.6. The van der Waals surface area contributed by atoms with Crippen molar-refractivity contribution in [3.05, 3.63) is 45.5 Å². The predicted octanol–water partition coefficient (Wildman–Crippen LogP) is 2.28. The van der Waals surface area contributed by atoms with E-state index >= 15 is 0 Å². The molecule has 0 unspecified atom stereocenters. The van der Waals surface area contributed by atoms with Crippen LogP contribution in [-0.4, -0.2) is 34.1 Å². The average molecular weight is 428 g/mol. The van der Waals surface area contributed by atoms with Crippen molar-refractivity contribution in [1.29, 1.82) is 0 Å². The number of ether oxygens (including phenoxy) is 1. The minimum atomic E-state index is -0.457. The number of aromatic amines is 1. The van der Waals surface area contributed by atoms with Crippen LogP contribution in [0.5, 0.6) is 5.75 Å². The second-order valence-corrected chi connectivity index (χ2v) is 9.13. The molecule has 0 radical (unpaired) electrons. The molecule has 8 nitrogen and oxygen atoms in total. The molecule has 0 saturated heterocycles. The number of nitrogens with zero attached hydrogens (tertiary/aromatic N) is 1. The van der Waals surface area contributed by atoms with Gasteiger partial charge >= 0.3 is 0 Å². The molecule has 10 heteroatoms. The molecule has 0 spiro atoms. The van der Waals surface area contributed by atoms with Gasteiger partial charge in [-0.1, -0.05) is 6.07 Å². The van der Waals surface area contributed by atoms with E-state index in [0.29, 0.717) is 21.7 Å². The topological polar surface area (TPSA) is 113 Å². The molecule has 3 aromatic rings. The van der Waals surface area contributed by atoms with Gasteiger partial charge in [-0.3, -0.25) is 14.4 Å². The van der Waals surface area contributed by atoms with E-state index in [9.17, 15) is 14.4 Å². The number of amides is 2. The Morgan fingerprint density at radius 2 is 2.21 bits per heavy atom. The molecule has 0 atom stereocenters. The summed E-state index contributed by atoms with van der Waals surface area (Å²) < 4.78 is 6.45. The Morgan fingerprint density at radius 1 is 1.31 bits per heavy atom. The lowest BCUT2D eigenvalue weighted by Gasteiger charge is -2.18. The lowest BCUT2D eigenvalue weighted by atomic mass is 10.1. The third-order valence-electron chi connectivity index (χ3n) is 4.77. The van der Waals surface area contributed by atoms with E-state index in [0.717, 1.165) is 33.9 Å². The van der Waals surface area contributed by atoms with E-state index in [4.69, 9.17) is 4.74 Å². The number of rotatable bonds is 3. The standard InChI is InChI=1S/C19H16N4O4S2/c24-13-8-27-12-4-3-9(6-11(12)21-13)7-20-17(26)15-22-16(25)14-10-2-1-5-28-19(10)29-18(14)23-15/h3-4,6H,1-2,5,7-8H2,(H,20,26)(H,21,24)(H,22,23,25). The molecule has 0 saturated carbocycles. The van der Waals surface area contributed by atoms with Crippen LogP contribution in [0.1, 0.15) is 28.2 Å². The molecule has 0 bridgehead atoms. The first-order chi connectivity index (χ1) is 14.1. The normalized spacial score (nSPS) is 15.2. The summed E-state index contributed by atoms with van der Waals surface area (Å²) in [5.74, 6) is 0.958. The van der Waals surface area contributed by atoms with Crippen LogP contribution in [0.3, 0.4) is 0 Å². The molecular weight excluding hydrogens is 412 g/mol. The maximum absolute atomic E-state index is 12.6. The third-order valence-corrected chi connectivity index (χ3v) is 7.30. The zero-order valence-corrected chi connectivity index (χ0v) is 16.8. The number of fused-ring (bicyclic) bond motifs is 4. The zero-order valence-electron chi connectivity index (χ0n) is 15.2. The summed E-state index contributed by atoms with van der Waals surface area (Å²) in [5, 5.41) is 6.11. The summed E-state index contributed by atoms with van der Waals surface area (Å²) in [7, 11) is 0. The van der Waals surface area contributed by atoms with Crippen LogP contribution in [0.25, 0.3) is 10.2 Å². The van der Waals surface area contributed by atoms with E-state index in [2.05, 4.69) is 20.6 Å². The van der Waals surface area contributed by atoms with Gasteiger partial charge in [0, 0.05) is 6.54 Å². The van der Waals surface area contributed by atoms with E-state index in [1.165, 1.54) is 11.3 Å². The Hall–Kier alpha value is -2.85. The minimum Gasteiger partial charge on any atom is -0.482 e. The number of aromatic nitrogens is 2. The van der Waals surface area contributed by atoms with Gasteiger partial charge in [0.25, 0.3) is 17.4 Å². The van der Waals surface area contributed by atoms with E-state index in [1.54, 1.807) is 30.0 Å². The lowest BCUT2D eigenvalue weighted by Crippen LogP contribution is -2.28. The van der Waals surface area contributed by atoms with Gasteiger partial charge in [-0.2, -0.15) is 0 Å². The summed E-state index contributed by atoms with van der Waals surface area (Å²) in [5.41, 5.74) is 2.14. The van der Waals surface area contributed by atoms with Crippen LogP contribution in [-0.2, 0) is 17.8 Å². The number of aryl methyl sites for hydroxylation is 1. The molecule has 5 rings (SSSR count). The van der Waals surface area contributed by atoms with Gasteiger partial charge < -0.3 is 20.4 Å². The number of hydrogen-bond acceptors (Lipinski definition) is 7. The van der Waals surface area contributed by atoms with Gasteiger partial charge in [0.1, 0.15) is 10.6 Å². The molecule has 0 aliphatic carbocycles. The number of hydrogen-bond donors (Lipinski definition) is 3.